The molecule has 0 spiro atoms. The Hall–Kier alpha value is -0.220. The third-order valence-electron chi connectivity index (χ3n) is 6.84. The molecule has 0 fully saturated rings. The van der Waals surface area contributed by atoms with Gasteiger partial charge in [-0.05, 0) is 12.8 Å². The van der Waals surface area contributed by atoms with Gasteiger partial charge in [0.25, 0.3) is 0 Å². The number of thiocarbonyl (C=S) groups is 2. The molecule has 0 bridgehead atoms. The van der Waals surface area contributed by atoms with Gasteiger partial charge in [0.2, 0.25) is 0 Å². The zero-order valence-corrected chi connectivity index (χ0v) is 24.8. The first-order valence-corrected chi connectivity index (χ1v) is 16.1. The second-order valence-electron chi connectivity index (χ2n) is 10.3. The van der Waals surface area contributed by atoms with Crippen LogP contribution in [0.4, 0.5) is 0 Å². The Bertz CT molecular complexity index is 400. The number of hydrogen-bond donors (Lipinski definition) is 2. The SMILES string of the molecule is CCCCCCCCCCCCCCNC(=S)C(=S)NCCCCCCCCCCCCCC. The van der Waals surface area contributed by atoms with E-state index in [1.165, 1.54) is 154 Å². The molecule has 0 aliphatic heterocycles. The summed E-state index contributed by atoms with van der Waals surface area (Å²) in [5.41, 5.74) is 0. The average molecular weight is 513 g/mol. The summed E-state index contributed by atoms with van der Waals surface area (Å²) < 4.78 is 0. The summed E-state index contributed by atoms with van der Waals surface area (Å²) in [5.74, 6) is 0. The van der Waals surface area contributed by atoms with Crippen molar-refractivity contribution < 1.29 is 0 Å². The van der Waals surface area contributed by atoms with Gasteiger partial charge in [0.05, 0.1) is 0 Å². The molecule has 0 saturated carbocycles. The van der Waals surface area contributed by atoms with E-state index in [1.807, 2.05) is 0 Å². The van der Waals surface area contributed by atoms with E-state index in [1.54, 1.807) is 0 Å². The molecule has 2 N–H and O–H groups in total. The Kier molecular flexibility index (Phi) is 28.8. The first-order chi connectivity index (χ1) is 16.7. The van der Waals surface area contributed by atoms with Crippen molar-refractivity contribution in [3.05, 3.63) is 0 Å². The largest absolute Gasteiger partial charge is 0.374 e. The molecule has 0 rings (SSSR count). The molecule has 4 heteroatoms. The minimum Gasteiger partial charge on any atom is -0.374 e. The fourth-order valence-corrected chi connectivity index (χ4v) is 4.84. The predicted molar refractivity (Wildman–Crippen MR) is 163 cm³/mol. The molecule has 0 aliphatic carbocycles. The normalized spacial score (nSPS) is 11.0. The lowest BCUT2D eigenvalue weighted by Crippen LogP contribution is -2.38. The van der Waals surface area contributed by atoms with Gasteiger partial charge in [-0.3, -0.25) is 0 Å². The Morgan fingerprint density at radius 2 is 0.559 bits per heavy atom. The minimum atomic E-state index is 0.733. The van der Waals surface area contributed by atoms with E-state index in [9.17, 15) is 0 Å². The zero-order valence-electron chi connectivity index (χ0n) is 23.2. The lowest BCUT2D eigenvalue weighted by atomic mass is 10.1. The van der Waals surface area contributed by atoms with Crippen LogP contribution in [-0.2, 0) is 0 Å². The summed E-state index contributed by atoms with van der Waals surface area (Å²) >= 11 is 10.9. The highest BCUT2D eigenvalue weighted by Crippen LogP contribution is 2.13. The van der Waals surface area contributed by atoms with Crippen LogP contribution in [0.15, 0.2) is 0 Å². The Morgan fingerprint density at radius 1 is 0.353 bits per heavy atom. The van der Waals surface area contributed by atoms with Gasteiger partial charge in [-0.15, -0.1) is 0 Å². The maximum absolute atomic E-state index is 5.44. The first kappa shape index (κ1) is 33.8. The highest BCUT2D eigenvalue weighted by molar-refractivity contribution is 7.89. The minimum absolute atomic E-state index is 0.733. The van der Waals surface area contributed by atoms with Crippen molar-refractivity contribution in [2.24, 2.45) is 0 Å². The molecule has 0 heterocycles. The zero-order chi connectivity index (χ0) is 25.0. The molecule has 0 radical (unpaired) electrons. The molecule has 202 valence electrons. The topological polar surface area (TPSA) is 24.1 Å². The van der Waals surface area contributed by atoms with Gasteiger partial charge in [-0.1, -0.05) is 180 Å². The van der Waals surface area contributed by atoms with Crippen molar-refractivity contribution in [3.63, 3.8) is 0 Å². The van der Waals surface area contributed by atoms with Gasteiger partial charge < -0.3 is 10.6 Å². The van der Waals surface area contributed by atoms with Crippen LogP contribution >= 0.6 is 24.4 Å². The lowest BCUT2D eigenvalue weighted by molar-refractivity contribution is 0.543. The van der Waals surface area contributed by atoms with E-state index < -0.39 is 0 Å². The van der Waals surface area contributed by atoms with Crippen LogP contribution in [0.3, 0.4) is 0 Å². The molecular formula is C30H60N2S2. The molecule has 34 heavy (non-hydrogen) atoms. The predicted octanol–water partition coefficient (Wildman–Crippen LogP) is 10.2. The van der Waals surface area contributed by atoms with Gasteiger partial charge >= 0.3 is 0 Å². The quantitative estimate of drug-likeness (QED) is 0.0889. The molecule has 0 atom stereocenters. The molecule has 0 amide bonds. The van der Waals surface area contributed by atoms with Crippen molar-refractivity contribution in [1.82, 2.24) is 10.6 Å². The van der Waals surface area contributed by atoms with Gasteiger partial charge in [0.15, 0.2) is 0 Å². The van der Waals surface area contributed by atoms with E-state index in [-0.39, 0.29) is 0 Å². The van der Waals surface area contributed by atoms with Crippen LogP contribution < -0.4 is 10.6 Å². The highest BCUT2D eigenvalue weighted by atomic mass is 32.1. The molecular weight excluding hydrogens is 452 g/mol. The second-order valence-corrected chi connectivity index (χ2v) is 11.1. The molecule has 0 aromatic heterocycles. The van der Waals surface area contributed by atoms with Crippen LogP contribution in [0.25, 0.3) is 0 Å². The van der Waals surface area contributed by atoms with Crippen molar-refractivity contribution in [3.8, 4) is 0 Å². The number of unbranched alkanes of at least 4 members (excludes halogenated alkanes) is 22. The van der Waals surface area contributed by atoms with Crippen LogP contribution in [0, 0.1) is 0 Å². The summed E-state index contributed by atoms with van der Waals surface area (Å²) in [6.07, 6.45) is 33.1. The number of hydrogen-bond acceptors (Lipinski definition) is 2. The second kappa shape index (κ2) is 29.0. The standard InChI is InChI=1S/C30H60N2S2/c1-3-5-7-9-11-13-15-17-19-21-23-25-27-31-29(33)30(34)32-28-26-24-22-20-18-16-14-12-10-8-6-4-2/h3-28H2,1-2H3,(H,31,33)(H,32,34). The summed E-state index contributed by atoms with van der Waals surface area (Å²) in [6.45, 7) is 6.48. The van der Waals surface area contributed by atoms with E-state index in [0.717, 1.165) is 23.1 Å². The molecule has 0 aliphatic rings. The molecule has 0 unspecified atom stereocenters. The van der Waals surface area contributed by atoms with Crippen molar-refractivity contribution in [2.75, 3.05) is 13.1 Å². The van der Waals surface area contributed by atoms with E-state index in [4.69, 9.17) is 24.4 Å². The highest BCUT2D eigenvalue weighted by Gasteiger charge is 2.03. The van der Waals surface area contributed by atoms with Crippen molar-refractivity contribution in [2.45, 2.75) is 168 Å². The number of rotatable bonds is 26. The van der Waals surface area contributed by atoms with E-state index in [2.05, 4.69) is 24.5 Å². The summed E-state index contributed by atoms with van der Waals surface area (Å²) in [7, 11) is 0. The Morgan fingerprint density at radius 3 is 0.794 bits per heavy atom. The maximum atomic E-state index is 5.44. The average Bonchev–Trinajstić information content (AvgIpc) is 2.84. The molecule has 0 aromatic carbocycles. The first-order valence-electron chi connectivity index (χ1n) is 15.3. The molecule has 2 nitrogen and oxygen atoms in total. The third-order valence-corrected chi connectivity index (χ3v) is 7.66. The summed E-state index contributed by atoms with van der Waals surface area (Å²) in [5, 5.41) is 6.68. The Labute approximate surface area is 225 Å². The van der Waals surface area contributed by atoms with Crippen molar-refractivity contribution >= 4 is 34.4 Å². The monoisotopic (exact) mass is 512 g/mol. The van der Waals surface area contributed by atoms with Gasteiger partial charge in [0.1, 0.15) is 9.98 Å². The molecule has 0 saturated heterocycles. The summed E-state index contributed by atoms with van der Waals surface area (Å²) in [4.78, 5) is 1.47. The molecule has 0 aromatic rings. The van der Waals surface area contributed by atoms with Gasteiger partial charge in [-0.2, -0.15) is 0 Å². The van der Waals surface area contributed by atoms with Crippen LogP contribution in [-0.4, -0.2) is 23.1 Å². The van der Waals surface area contributed by atoms with Gasteiger partial charge in [0, 0.05) is 13.1 Å². The van der Waals surface area contributed by atoms with Crippen LogP contribution in [0.5, 0.6) is 0 Å². The smallest absolute Gasteiger partial charge is 0.134 e. The van der Waals surface area contributed by atoms with Crippen LogP contribution in [0.2, 0.25) is 0 Å². The fourth-order valence-electron chi connectivity index (χ4n) is 4.50. The number of nitrogens with one attached hydrogen (secondary N) is 2. The van der Waals surface area contributed by atoms with Gasteiger partial charge in [-0.25, -0.2) is 0 Å². The van der Waals surface area contributed by atoms with Crippen molar-refractivity contribution in [1.29, 1.82) is 0 Å². The Balaban J connectivity index is 3.29. The fraction of sp³-hybridized carbons (Fsp3) is 0.933. The third kappa shape index (κ3) is 26.4. The maximum Gasteiger partial charge on any atom is 0.134 e. The van der Waals surface area contributed by atoms with E-state index >= 15 is 0 Å². The lowest BCUT2D eigenvalue weighted by Gasteiger charge is -2.11. The summed E-state index contributed by atoms with van der Waals surface area (Å²) in [6, 6.07) is 0. The van der Waals surface area contributed by atoms with E-state index in [0.29, 0.717) is 0 Å². The van der Waals surface area contributed by atoms with Crippen LogP contribution in [0.1, 0.15) is 168 Å².